The molecule has 0 saturated carbocycles. The number of carbonyl (C=O) groups excluding carboxylic acids is 2. The molecule has 0 atom stereocenters. The molecule has 0 aliphatic heterocycles. The van der Waals surface area contributed by atoms with Crippen molar-refractivity contribution in [3.8, 4) is 17.2 Å². The van der Waals surface area contributed by atoms with Gasteiger partial charge in [-0.3, -0.25) is 4.79 Å². The van der Waals surface area contributed by atoms with Crippen LogP contribution in [0, 0.1) is 0 Å². The van der Waals surface area contributed by atoms with Crippen LogP contribution in [0.25, 0.3) is 6.08 Å². The number of carbonyl (C=O) groups is 2. The molecule has 2 aromatic carbocycles. The quantitative estimate of drug-likeness (QED) is 0.489. The van der Waals surface area contributed by atoms with Gasteiger partial charge in [-0.2, -0.15) is 0 Å². The summed E-state index contributed by atoms with van der Waals surface area (Å²) >= 11 is 0. The van der Waals surface area contributed by atoms with E-state index in [1.165, 1.54) is 6.08 Å². The van der Waals surface area contributed by atoms with Gasteiger partial charge in [0, 0.05) is 18.2 Å². The molecule has 0 aromatic heterocycles. The van der Waals surface area contributed by atoms with Crippen molar-refractivity contribution < 1.29 is 28.5 Å². The third-order valence-corrected chi connectivity index (χ3v) is 4.07. The first-order chi connectivity index (χ1) is 14.1. The van der Waals surface area contributed by atoms with Crippen molar-refractivity contribution in [1.82, 2.24) is 5.32 Å². The molecule has 0 unspecified atom stereocenters. The average Bonchev–Trinajstić information content (AvgIpc) is 2.76. The summed E-state index contributed by atoms with van der Waals surface area (Å²) in [4.78, 5) is 23.6. The molecular weight excluding hydrogens is 374 g/mol. The van der Waals surface area contributed by atoms with E-state index < -0.39 is 5.97 Å². The van der Waals surface area contributed by atoms with Gasteiger partial charge in [-0.05, 0) is 36.3 Å². The molecule has 29 heavy (non-hydrogen) atoms. The molecule has 0 aliphatic rings. The van der Waals surface area contributed by atoms with Crippen molar-refractivity contribution in [3.63, 3.8) is 0 Å². The lowest BCUT2D eigenvalue weighted by atomic mass is 10.1. The summed E-state index contributed by atoms with van der Waals surface area (Å²) in [5, 5.41) is 2.71. The highest BCUT2D eigenvalue weighted by Gasteiger charge is 2.07. The number of nitrogens with one attached hydrogen (secondary N) is 1. The van der Waals surface area contributed by atoms with E-state index in [0.29, 0.717) is 30.2 Å². The van der Waals surface area contributed by atoms with Gasteiger partial charge in [-0.15, -0.1) is 0 Å². The van der Waals surface area contributed by atoms with Crippen molar-refractivity contribution in [2.75, 3.05) is 34.5 Å². The Labute approximate surface area is 170 Å². The average molecular weight is 399 g/mol. The molecule has 0 spiro atoms. The standard InChI is InChI=1S/C22H25NO6/c1-26-18-7-5-4-6-17(18)9-11-22(25)29-15-21(24)23-13-12-16-8-10-19(27-2)20(14-16)28-3/h4-11,14H,12-13,15H2,1-3H3,(H,23,24)/b11-9+. The fraction of sp³-hybridized carbons (Fsp3) is 0.273. The van der Waals surface area contributed by atoms with Crippen LogP contribution in [-0.4, -0.2) is 46.4 Å². The van der Waals surface area contributed by atoms with Gasteiger partial charge in [0.1, 0.15) is 5.75 Å². The summed E-state index contributed by atoms with van der Waals surface area (Å²) in [7, 11) is 4.70. The number of esters is 1. The fourth-order valence-corrected chi connectivity index (χ4v) is 2.58. The SMILES string of the molecule is COc1ccccc1/C=C/C(=O)OCC(=O)NCCc1ccc(OC)c(OC)c1. The second-order valence-corrected chi connectivity index (χ2v) is 5.97. The molecule has 0 radical (unpaired) electrons. The summed E-state index contributed by atoms with van der Waals surface area (Å²) in [6.07, 6.45) is 3.44. The molecule has 0 aliphatic carbocycles. The van der Waals surface area contributed by atoms with E-state index in [2.05, 4.69) is 5.32 Å². The molecule has 7 nitrogen and oxygen atoms in total. The van der Waals surface area contributed by atoms with Crippen LogP contribution < -0.4 is 19.5 Å². The molecule has 2 rings (SSSR count). The highest BCUT2D eigenvalue weighted by molar-refractivity contribution is 5.89. The topological polar surface area (TPSA) is 83.1 Å². The van der Waals surface area contributed by atoms with Gasteiger partial charge in [-0.1, -0.05) is 24.3 Å². The van der Waals surface area contributed by atoms with Crippen molar-refractivity contribution in [3.05, 3.63) is 59.7 Å². The van der Waals surface area contributed by atoms with E-state index in [1.807, 2.05) is 36.4 Å². The fourth-order valence-electron chi connectivity index (χ4n) is 2.58. The highest BCUT2D eigenvalue weighted by atomic mass is 16.5. The molecular formula is C22H25NO6. The minimum atomic E-state index is -0.606. The van der Waals surface area contributed by atoms with Gasteiger partial charge in [0.2, 0.25) is 0 Å². The minimum absolute atomic E-state index is 0.346. The number of hydrogen-bond acceptors (Lipinski definition) is 6. The lowest BCUT2D eigenvalue weighted by Gasteiger charge is -2.10. The molecule has 2 aromatic rings. The molecule has 154 valence electrons. The van der Waals surface area contributed by atoms with E-state index in [1.54, 1.807) is 33.5 Å². The maximum atomic E-state index is 11.9. The third-order valence-electron chi connectivity index (χ3n) is 4.07. The van der Waals surface area contributed by atoms with E-state index in [0.717, 1.165) is 11.1 Å². The monoisotopic (exact) mass is 399 g/mol. The molecule has 0 heterocycles. The normalized spacial score (nSPS) is 10.4. The molecule has 0 saturated heterocycles. The number of rotatable bonds is 10. The van der Waals surface area contributed by atoms with Gasteiger partial charge in [0.05, 0.1) is 21.3 Å². The van der Waals surface area contributed by atoms with Crippen LogP contribution in [0.3, 0.4) is 0 Å². The van der Waals surface area contributed by atoms with Crippen LogP contribution >= 0.6 is 0 Å². The van der Waals surface area contributed by atoms with Gasteiger partial charge in [0.15, 0.2) is 18.1 Å². The maximum absolute atomic E-state index is 11.9. The van der Waals surface area contributed by atoms with Crippen molar-refractivity contribution >= 4 is 18.0 Å². The number of benzene rings is 2. The van der Waals surface area contributed by atoms with Crippen LogP contribution in [0.5, 0.6) is 17.2 Å². The van der Waals surface area contributed by atoms with E-state index in [-0.39, 0.29) is 12.5 Å². The summed E-state index contributed by atoms with van der Waals surface area (Å²) < 4.78 is 20.6. The van der Waals surface area contributed by atoms with E-state index in [4.69, 9.17) is 18.9 Å². The Balaban J connectivity index is 1.74. The summed E-state index contributed by atoms with van der Waals surface area (Å²) in [6, 6.07) is 12.8. The Kier molecular flexibility index (Phi) is 8.56. The molecule has 1 N–H and O–H groups in total. The first-order valence-electron chi connectivity index (χ1n) is 9.02. The summed E-state index contributed by atoms with van der Waals surface area (Å²) in [5.41, 5.74) is 1.73. The number of amides is 1. The predicted octanol–water partition coefficient (Wildman–Crippen LogP) is 2.63. The number of hydrogen-bond donors (Lipinski definition) is 1. The molecule has 0 fully saturated rings. The highest BCUT2D eigenvalue weighted by Crippen LogP contribution is 2.27. The zero-order chi connectivity index (χ0) is 21.1. The first kappa shape index (κ1) is 21.8. The van der Waals surface area contributed by atoms with Gasteiger partial charge >= 0.3 is 5.97 Å². The minimum Gasteiger partial charge on any atom is -0.496 e. The Morgan fingerprint density at radius 2 is 1.66 bits per heavy atom. The number of methoxy groups -OCH3 is 3. The van der Waals surface area contributed by atoms with Crippen LogP contribution in [0.4, 0.5) is 0 Å². The molecule has 1 amide bonds. The lowest BCUT2D eigenvalue weighted by molar-refractivity contribution is -0.143. The molecule has 7 heteroatoms. The van der Waals surface area contributed by atoms with E-state index in [9.17, 15) is 9.59 Å². The van der Waals surface area contributed by atoms with Crippen LogP contribution in [-0.2, 0) is 20.7 Å². The number of ether oxygens (including phenoxy) is 4. The van der Waals surface area contributed by atoms with Crippen LogP contribution in [0.2, 0.25) is 0 Å². The van der Waals surface area contributed by atoms with Crippen molar-refractivity contribution in [2.24, 2.45) is 0 Å². The zero-order valence-corrected chi connectivity index (χ0v) is 16.8. The Hall–Kier alpha value is -3.48. The van der Waals surface area contributed by atoms with Gasteiger partial charge in [-0.25, -0.2) is 4.79 Å². The predicted molar refractivity (Wildman–Crippen MR) is 109 cm³/mol. The largest absolute Gasteiger partial charge is 0.496 e. The maximum Gasteiger partial charge on any atom is 0.331 e. The molecule has 0 bridgehead atoms. The second kappa shape index (κ2) is 11.4. The lowest BCUT2D eigenvalue weighted by Crippen LogP contribution is -2.30. The summed E-state index contributed by atoms with van der Waals surface area (Å²) in [5.74, 6) is 0.945. The number of para-hydroxylation sites is 1. The van der Waals surface area contributed by atoms with Crippen molar-refractivity contribution in [1.29, 1.82) is 0 Å². The second-order valence-electron chi connectivity index (χ2n) is 5.97. The van der Waals surface area contributed by atoms with E-state index >= 15 is 0 Å². The smallest absolute Gasteiger partial charge is 0.331 e. The third kappa shape index (κ3) is 6.88. The van der Waals surface area contributed by atoms with Gasteiger partial charge in [0.25, 0.3) is 5.91 Å². The Bertz CT molecular complexity index is 862. The Morgan fingerprint density at radius 3 is 2.38 bits per heavy atom. The van der Waals surface area contributed by atoms with Gasteiger partial charge < -0.3 is 24.3 Å². The van der Waals surface area contributed by atoms with Crippen LogP contribution in [0.15, 0.2) is 48.5 Å². The first-order valence-corrected chi connectivity index (χ1v) is 9.02. The van der Waals surface area contributed by atoms with Crippen LogP contribution in [0.1, 0.15) is 11.1 Å². The zero-order valence-electron chi connectivity index (χ0n) is 16.8. The Morgan fingerprint density at radius 1 is 0.931 bits per heavy atom. The van der Waals surface area contributed by atoms with Crippen molar-refractivity contribution in [2.45, 2.75) is 6.42 Å². The summed E-state index contributed by atoms with van der Waals surface area (Å²) in [6.45, 7) is 0.0595.